The molecule has 178 valence electrons. The number of aliphatic hydroxyl groups is 3. The van der Waals surface area contributed by atoms with Gasteiger partial charge in [-0.2, -0.15) is 0 Å². The quantitative estimate of drug-likeness (QED) is 0.499. The molecule has 2 saturated carbocycles. The SMILES string of the molecule is O=C(Nc1ccc(F)c(F)c1)c1ccc(Cl)c(S(=O)(=O)[C@@H]2CC3CC(O)C(C2)[C@@]3(O)CO)c1. The summed E-state index contributed by atoms with van der Waals surface area (Å²) in [4.78, 5) is 12.3. The summed E-state index contributed by atoms with van der Waals surface area (Å²) in [5.41, 5.74) is -1.62. The van der Waals surface area contributed by atoms with Crippen LogP contribution in [0.15, 0.2) is 41.3 Å². The number of amides is 1. The molecule has 0 aromatic heterocycles. The predicted molar refractivity (Wildman–Crippen MR) is 116 cm³/mol. The molecule has 2 aliphatic rings. The molecule has 2 aromatic rings. The smallest absolute Gasteiger partial charge is 0.255 e. The van der Waals surface area contributed by atoms with Gasteiger partial charge in [-0.3, -0.25) is 4.79 Å². The van der Waals surface area contributed by atoms with Crippen molar-refractivity contribution in [3.05, 3.63) is 58.6 Å². The summed E-state index contributed by atoms with van der Waals surface area (Å²) in [6.45, 7) is -0.577. The minimum atomic E-state index is -4.07. The Morgan fingerprint density at radius 3 is 2.48 bits per heavy atom. The molecule has 4 N–H and O–H groups in total. The Hall–Kier alpha value is -2.11. The maximum Gasteiger partial charge on any atom is 0.255 e. The number of rotatable bonds is 5. The van der Waals surface area contributed by atoms with E-state index >= 15 is 0 Å². The van der Waals surface area contributed by atoms with Crippen molar-refractivity contribution in [1.82, 2.24) is 0 Å². The van der Waals surface area contributed by atoms with Crippen LogP contribution in [0.4, 0.5) is 14.5 Å². The summed E-state index contributed by atoms with van der Waals surface area (Å²) in [5, 5.41) is 31.9. The van der Waals surface area contributed by atoms with E-state index in [2.05, 4.69) is 5.32 Å². The fourth-order valence-corrected chi connectivity index (χ4v) is 7.35. The third-order valence-corrected chi connectivity index (χ3v) is 9.43. The molecular formula is C22H22ClF2NO6S. The van der Waals surface area contributed by atoms with Crippen LogP contribution in [0.5, 0.6) is 0 Å². The average molecular weight is 502 g/mol. The van der Waals surface area contributed by atoms with Gasteiger partial charge < -0.3 is 20.6 Å². The Morgan fingerprint density at radius 2 is 1.85 bits per heavy atom. The number of aliphatic hydroxyl groups excluding tert-OH is 2. The highest BCUT2D eigenvalue weighted by molar-refractivity contribution is 7.92. The fraction of sp³-hybridized carbons (Fsp3) is 0.409. The van der Waals surface area contributed by atoms with Gasteiger partial charge in [0, 0.05) is 23.2 Å². The molecule has 2 bridgehead atoms. The van der Waals surface area contributed by atoms with Crippen molar-refractivity contribution in [2.24, 2.45) is 11.8 Å². The maximum absolute atomic E-state index is 13.4. The molecular weight excluding hydrogens is 480 g/mol. The number of sulfone groups is 1. The highest BCUT2D eigenvalue weighted by atomic mass is 35.5. The Morgan fingerprint density at radius 1 is 1.12 bits per heavy atom. The molecule has 0 radical (unpaired) electrons. The van der Waals surface area contributed by atoms with E-state index in [1.165, 1.54) is 12.1 Å². The van der Waals surface area contributed by atoms with Crippen LogP contribution in [0.3, 0.4) is 0 Å². The molecule has 11 heteroatoms. The van der Waals surface area contributed by atoms with Gasteiger partial charge in [0.1, 0.15) is 0 Å². The molecule has 0 aliphatic heterocycles. The Balaban J connectivity index is 1.61. The van der Waals surface area contributed by atoms with E-state index in [-0.39, 0.29) is 40.4 Å². The number of benzene rings is 2. The van der Waals surface area contributed by atoms with E-state index < -0.39 is 62.8 Å². The topological polar surface area (TPSA) is 124 Å². The van der Waals surface area contributed by atoms with Gasteiger partial charge in [-0.1, -0.05) is 11.6 Å². The number of halogens is 3. The van der Waals surface area contributed by atoms with Gasteiger partial charge in [0.2, 0.25) is 0 Å². The second-order valence-corrected chi connectivity index (χ2v) is 11.2. The van der Waals surface area contributed by atoms with E-state index in [1.807, 2.05) is 0 Å². The minimum Gasteiger partial charge on any atom is -0.393 e. The standard InChI is InChI=1S/C22H22ClF2NO6S/c23-16-3-1-11(21(29)26-13-2-4-17(24)18(25)8-13)5-20(16)33(31,32)14-6-12-7-19(28)15(9-14)22(12,30)10-27/h1-5,8,12,14-15,19,27-28,30H,6-7,9-10H2,(H,26,29)/t12?,14-,15?,19?,22-/m1/s1. The monoisotopic (exact) mass is 501 g/mol. The molecule has 0 heterocycles. The summed E-state index contributed by atoms with van der Waals surface area (Å²) in [5.74, 6) is -4.38. The number of anilines is 1. The third kappa shape index (κ3) is 4.15. The Bertz CT molecular complexity index is 1210. The zero-order valence-electron chi connectivity index (χ0n) is 17.2. The normalized spacial score (nSPS) is 29.2. The van der Waals surface area contributed by atoms with Gasteiger partial charge in [0.15, 0.2) is 21.5 Å². The predicted octanol–water partition coefficient (Wildman–Crippen LogP) is 2.53. The molecule has 2 aliphatic carbocycles. The van der Waals surface area contributed by atoms with Crippen molar-refractivity contribution >= 4 is 33.0 Å². The molecule has 2 fully saturated rings. The third-order valence-electron chi connectivity index (χ3n) is 6.77. The largest absolute Gasteiger partial charge is 0.393 e. The summed E-state index contributed by atoms with van der Waals surface area (Å²) in [6.07, 6.45) is -0.804. The zero-order chi connectivity index (χ0) is 24.1. The van der Waals surface area contributed by atoms with Crippen LogP contribution >= 0.6 is 11.6 Å². The van der Waals surface area contributed by atoms with Crippen LogP contribution in [0.1, 0.15) is 29.6 Å². The van der Waals surface area contributed by atoms with E-state index in [1.54, 1.807) is 0 Å². The van der Waals surface area contributed by atoms with Gasteiger partial charge >= 0.3 is 0 Å². The van der Waals surface area contributed by atoms with Crippen molar-refractivity contribution in [3.63, 3.8) is 0 Å². The highest BCUT2D eigenvalue weighted by Gasteiger charge is 2.59. The Labute approximate surface area is 193 Å². The van der Waals surface area contributed by atoms with Gasteiger partial charge in [-0.05, 0) is 55.5 Å². The first-order valence-electron chi connectivity index (χ1n) is 10.3. The first-order chi connectivity index (χ1) is 15.5. The number of carbonyl (C=O) groups excluding carboxylic acids is 1. The van der Waals surface area contributed by atoms with Crippen LogP contribution < -0.4 is 5.32 Å². The van der Waals surface area contributed by atoms with E-state index in [4.69, 9.17) is 11.6 Å². The molecule has 7 nitrogen and oxygen atoms in total. The molecule has 2 aromatic carbocycles. The maximum atomic E-state index is 13.4. The average Bonchev–Trinajstić information content (AvgIpc) is 2.89. The van der Waals surface area contributed by atoms with Crippen molar-refractivity contribution < 1.29 is 37.3 Å². The summed E-state index contributed by atoms with van der Waals surface area (Å²) in [6, 6.07) is 6.47. The van der Waals surface area contributed by atoms with Crippen molar-refractivity contribution in [2.45, 2.75) is 41.1 Å². The molecule has 0 spiro atoms. The van der Waals surface area contributed by atoms with E-state index in [9.17, 15) is 37.3 Å². The van der Waals surface area contributed by atoms with Gasteiger partial charge in [0.25, 0.3) is 5.91 Å². The lowest BCUT2D eigenvalue weighted by molar-refractivity contribution is -0.106. The van der Waals surface area contributed by atoms with Crippen LogP contribution in [0.2, 0.25) is 5.02 Å². The van der Waals surface area contributed by atoms with Crippen molar-refractivity contribution in [1.29, 1.82) is 0 Å². The lowest BCUT2D eigenvalue weighted by Crippen LogP contribution is -2.51. The van der Waals surface area contributed by atoms with Crippen LogP contribution in [-0.4, -0.2) is 53.2 Å². The lowest BCUT2D eigenvalue weighted by atomic mass is 9.74. The Kier molecular flexibility index (Phi) is 6.25. The zero-order valence-corrected chi connectivity index (χ0v) is 18.8. The number of nitrogens with one attached hydrogen (secondary N) is 1. The van der Waals surface area contributed by atoms with Gasteiger partial charge in [-0.15, -0.1) is 0 Å². The van der Waals surface area contributed by atoms with Crippen LogP contribution in [0, 0.1) is 23.5 Å². The fourth-order valence-electron chi connectivity index (χ4n) is 4.97. The number of fused-ring (bicyclic) bond motifs is 2. The number of carbonyl (C=O) groups is 1. The molecule has 3 unspecified atom stereocenters. The number of hydrogen-bond donors (Lipinski definition) is 4. The molecule has 5 atom stereocenters. The number of hydrogen-bond acceptors (Lipinski definition) is 6. The minimum absolute atomic E-state index is 0.0145. The highest BCUT2D eigenvalue weighted by Crippen LogP contribution is 2.52. The van der Waals surface area contributed by atoms with E-state index in [0.29, 0.717) is 0 Å². The second kappa shape index (κ2) is 8.59. The van der Waals surface area contributed by atoms with Crippen LogP contribution in [-0.2, 0) is 9.84 Å². The van der Waals surface area contributed by atoms with Gasteiger partial charge in [0.05, 0.1) is 33.5 Å². The van der Waals surface area contributed by atoms with Crippen LogP contribution in [0.25, 0.3) is 0 Å². The first-order valence-corrected chi connectivity index (χ1v) is 12.2. The molecule has 0 saturated heterocycles. The van der Waals surface area contributed by atoms with Crippen molar-refractivity contribution in [2.75, 3.05) is 11.9 Å². The second-order valence-electron chi connectivity index (χ2n) is 8.62. The molecule has 4 rings (SSSR count). The molecule has 1 amide bonds. The lowest BCUT2D eigenvalue weighted by Gasteiger charge is -2.41. The summed E-state index contributed by atoms with van der Waals surface area (Å²) >= 11 is 6.16. The first kappa shape index (κ1) is 24.0. The van der Waals surface area contributed by atoms with Crippen molar-refractivity contribution in [3.8, 4) is 0 Å². The summed E-state index contributed by atoms with van der Waals surface area (Å²) < 4.78 is 53.3. The van der Waals surface area contributed by atoms with E-state index in [0.717, 1.165) is 24.3 Å². The molecule has 33 heavy (non-hydrogen) atoms. The summed E-state index contributed by atoms with van der Waals surface area (Å²) in [7, 11) is -4.07. The van der Waals surface area contributed by atoms with Gasteiger partial charge in [-0.25, -0.2) is 17.2 Å².